The van der Waals surface area contributed by atoms with Crippen molar-refractivity contribution in [3.05, 3.63) is 76.0 Å². The lowest BCUT2D eigenvalue weighted by Gasteiger charge is -2.12. The minimum atomic E-state index is -4.13. The molecule has 8 nitrogen and oxygen atoms in total. The van der Waals surface area contributed by atoms with Gasteiger partial charge in [0.15, 0.2) is 5.78 Å². The summed E-state index contributed by atoms with van der Waals surface area (Å²) >= 11 is 0. The minimum Gasteiger partial charge on any atom is -0.460 e. The van der Waals surface area contributed by atoms with Crippen molar-refractivity contribution >= 4 is 48.9 Å². The number of carbonyl (C=O) groups excluding carboxylic acids is 1. The average molecular weight is 424 g/mol. The number of anilines is 1. The summed E-state index contributed by atoms with van der Waals surface area (Å²) < 4.78 is 34.2. The maximum absolute atomic E-state index is 13.0. The third-order valence-electron chi connectivity index (χ3n) is 4.81. The van der Waals surface area contributed by atoms with Gasteiger partial charge in [0, 0.05) is 28.3 Å². The first kappa shape index (κ1) is 19.6. The number of Topliss-reactive ketones (excluding diaryl/α,β-unsaturated/α-hetero) is 1. The predicted molar refractivity (Wildman–Crippen MR) is 112 cm³/mol. The lowest BCUT2D eigenvalue weighted by Crippen LogP contribution is -2.13. The highest BCUT2D eigenvalue weighted by Crippen LogP contribution is 2.37. The van der Waals surface area contributed by atoms with Crippen LogP contribution >= 0.6 is 0 Å². The Morgan fingerprint density at radius 3 is 2.40 bits per heavy atom. The quantitative estimate of drug-likeness (QED) is 0.279. The lowest BCUT2D eigenvalue weighted by atomic mass is 10.0. The number of fused-ring (bicyclic) bond motifs is 3. The van der Waals surface area contributed by atoms with Gasteiger partial charge in [-0.25, -0.2) is 8.42 Å². The Balaban J connectivity index is 1.94. The topological polar surface area (TPSA) is 120 Å². The van der Waals surface area contributed by atoms with Gasteiger partial charge in [-0.05, 0) is 26.0 Å². The number of furan rings is 1. The molecule has 3 aromatic carbocycles. The van der Waals surface area contributed by atoms with Gasteiger partial charge in [0.25, 0.3) is 15.7 Å². The standard InChI is InChI=1S/C21H16N2O6S/c1-12(24)20-13(2)29-21-17-9-4-3-8-16(17)19(11-18(20)21)22-30(27,28)15-7-5-6-14(10-15)23(25)26/h3-11,22H,1-2H3. The van der Waals surface area contributed by atoms with Crippen molar-refractivity contribution in [3.63, 3.8) is 0 Å². The van der Waals surface area contributed by atoms with Crippen LogP contribution in [0.5, 0.6) is 0 Å². The van der Waals surface area contributed by atoms with Crippen molar-refractivity contribution in [3.8, 4) is 0 Å². The van der Waals surface area contributed by atoms with Gasteiger partial charge >= 0.3 is 0 Å². The van der Waals surface area contributed by atoms with Crippen LogP contribution in [0.4, 0.5) is 11.4 Å². The fraction of sp³-hybridized carbons (Fsp3) is 0.0952. The monoisotopic (exact) mass is 424 g/mol. The fourth-order valence-corrected chi connectivity index (χ4v) is 4.64. The molecule has 1 aromatic heterocycles. The van der Waals surface area contributed by atoms with E-state index in [1.807, 2.05) is 0 Å². The number of nitrogens with zero attached hydrogens (tertiary/aromatic N) is 1. The molecule has 0 bridgehead atoms. The van der Waals surface area contributed by atoms with Crippen LogP contribution in [-0.4, -0.2) is 19.1 Å². The normalized spacial score (nSPS) is 11.7. The van der Waals surface area contributed by atoms with Crippen LogP contribution < -0.4 is 4.72 Å². The second-order valence-corrected chi connectivity index (χ2v) is 8.48. The molecular weight excluding hydrogens is 408 g/mol. The van der Waals surface area contributed by atoms with Crippen LogP contribution in [-0.2, 0) is 10.0 Å². The van der Waals surface area contributed by atoms with E-state index in [0.29, 0.717) is 33.1 Å². The molecule has 30 heavy (non-hydrogen) atoms. The number of rotatable bonds is 5. The number of sulfonamides is 1. The molecule has 0 aliphatic rings. The van der Waals surface area contributed by atoms with E-state index in [-0.39, 0.29) is 22.1 Å². The Labute approximate surface area is 171 Å². The Morgan fingerprint density at radius 2 is 1.73 bits per heavy atom. The first-order valence-corrected chi connectivity index (χ1v) is 10.4. The number of nitro groups is 1. The molecular formula is C21H16N2O6S. The van der Waals surface area contributed by atoms with Crippen LogP contribution in [0.3, 0.4) is 0 Å². The molecule has 0 spiro atoms. The number of carbonyl (C=O) groups is 1. The zero-order valence-electron chi connectivity index (χ0n) is 16.0. The zero-order chi connectivity index (χ0) is 21.6. The molecule has 0 unspecified atom stereocenters. The molecule has 0 saturated heterocycles. The van der Waals surface area contributed by atoms with Gasteiger partial charge in [0.2, 0.25) is 0 Å². The van der Waals surface area contributed by atoms with Crippen molar-refractivity contribution in [2.24, 2.45) is 0 Å². The summed E-state index contributed by atoms with van der Waals surface area (Å²) in [5.41, 5.74) is 0.786. The summed E-state index contributed by atoms with van der Waals surface area (Å²) in [5.74, 6) is 0.246. The van der Waals surface area contributed by atoms with E-state index in [0.717, 1.165) is 6.07 Å². The van der Waals surface area contributed by atoms with Crippen molar-refractivity contribution in [2.75, 3.05) is 4.72 Å². The van der Waals surface area contributed by atoms with Crippen LogP contribution in [0, 0.1) is 17.0 Å². The maximum Gasteiger partial charge on any atom is 0.270 e. The summed E-state index contributed by atoms with van der Waals surface area (Å²) in [4.78, 5) is 22.2. The molecule has 0 amide bonds. The smallest absolute Gasteiger partial charge is 0.270 e. The highest BCUT2D eigenvalue weighted by molar-refractivity contribution is 7.92. The minimum absolute atomic E-state index is 0.200. The molecule has 0 fully saturated rings. The first-order chi connectivity index (χ1) is 14.2. The Kier molecular flexibility index (Phi) is 4.54. The predicted octanol–water partition coefficient (Wildman–Crippen LogP) is 4.81. The number of aryl methyl sites for hydroxylation is 1. The molecule has 4 aromatic rings. The van der Waals surface area contributed by atoms with Gasteiger partial charge < -0.3 is 4.42 Å². The molecule has 0 aliphatic carbocycles. The highest BCUT2D eigenvalue weighted by Gasteiger charge is 2.22. The number of ketones is 1. The van der Waals surface area contributed by atoms with Crippen molar-refractivity contribution in [1.29, 1.82) is 0 Å². The zero-order valence-corrected chi connectivity index (χ0v) is 16.8. The molecule has 0 atom stereocenters. The number of benzene rings is 3. The number of hydrogen-bond acceptors (Lipinski definition) is 6. The van der Waals surface area contributed by atoms with Gasteiger partial charge in [-0.2, -0.15) is 0 Å². The summed E-state index contributed by atoms with van der Waals surface area (Å²) in [6, 6.07) is 13.4. The summed E-state index contributed by atoms with van der Waals surface area (Å²) in [6.45, 7) is 3.10. The second-order valence-electron chi connectivity index (χ2n) is 6.80. The van der Waals surface area contributed by atoms with Gasteiger partial charge in [0.1, 0.15) is 11.3 Å². The van der Waals surface area contributed by atoms with Crippen molar-refractivity contribution < 1.29 is 22.6 Å². The second kappa shape index (κ2) is 6.96. The van der Waals surface area contributed by atoms with E-state index in [2.05, 4.69) is 4.72 Å². The van der Waals surface area contributed by atoms with E-state index in [1.165, 1.54) is 25.1 Å². The third kappa shape index (κ3) is 3.18. The van der Waals surface area contributed by atoms with Crippen molar-refractivity contribution in [2.45, 2.75) is 18.7 Å². The van der Waals surface area contributed by atoms with Gasteiger partial charge in [-0.3, -0.25) is 19.6 Å². The van der Waals surface area contributed by atoms with Crippen LogP contribution in [0.15, 0.2) is 63.9 Å². The van der Waals surface area contributed by atoms with Gasteiger partial charge in [-0.15, -0.1) is 0 Å². The highest BCUT2D eigenvalue weighted by atomic mass is 32.2. The lowest BCUT2D eigenvalue weighted by molar-refractivity contribution is -0.385. The molecule has 1 N–H and O–H groups in total. The Hall–Kier alpha value is -3.72. The molecule has 9 heteroatoms. The van der Waals surface area contributed by atoms with E-state index < -0.39 is 14.9 Å². The van der Waals surface area contributed by atoms with Crippen LogP contribution in [0.25, 0.3) is 21.7 Å². The fourth-order valence-electron chi connectivity index (χ4n) is 3.53. The first-order valence-electron chi connectivity index (χ1n) is 8.92. The van der Waals surface area contributed by atoms with Crippen molar-refractivity contribution in [1.82, 2.24) is 0 Å². The number of nitrogens with one attached hydrogen (secondary N) is 1. The molecule has 152 valence electrons. The summed E-state index contributed by atoms with van der Waals surface area (Å²) in [5, 5.41) is 12.7. The number of nitro benzene ring substituents is 1. The van der Waals surface area contributed by atoms with E-state index in [4.69, 9.17) is 4.42 Å². The molecule has 0 saturated carbocycles. The Morgan fingerprint density at radius 1 is 1.03 bits per heavy atom. The van der Waals surface area contributed by atoms with Crippen LogP contribution in [0.1, 0.15) is 23.0 Å². The SMILES string of the molecule is CC(=O)c1c(C)oc2c1cc(NS(=O)(=O)c1cccc([N+](=O)[O-])c1)c1ccccc12. The molecule has 0 radical (unpaired) electrons. The van der Waals surface area contributed by atoms with E-state index in [1.54, 1.807) is 37.3 Å². The number of hydrogen-bond donors (Lipinski definition) is 1. The third-order valence-corrected chi connectivity index (χ3v) is 6.17. The summed E-state index contributed by atoms with van der Waals surface area (Å²) in [7, 11) is -4.13. The van der Waals surface area contributed by atoms with Gasteiger partial charge in [-0.1, -0.05) is 30.3 Å². The molecule has 1 heterocycles. The maximum atomic E-state index is 13.0. The summed E-state index contributed by atoms with van der Waals surface area (Å²) in [6.07, 6.45) is 0. The van der Waals surface area contributed by atoms with Crippen LogP contribution in [0.2, 0.25) is 0 Å². The van der Waals surface area contributed by atoms with Gasteiger partial charge in [0.05, 0.1) is 21.1 Å². The van der Waals surface area contributed by atoms with E-state index >= 15 is 0 Å². The Bertz CT molecular complexity index is 1450. The largest absolute Gasteiger partial charge is 0.460 e. The molecule has 4 rings (SSSR count). The average Bonchev–Trinajstić information content (AvgIpc) is 3.04. The molecule has 0 aliphatic heterocycles. The van der Waals surface area contributed by atoms with E-state index in [9.17, 15) is 23.3 Å². The number of non-ortho nitro benzene ring substituents is 1.